The molecule has 18 heavy (non-hydrogen) atoms. The molecule has 0 aromatic heterocycles. The Balaban J connectivity index is 2.18. The van der Waals surface area contributed by atoms with Gasteiger partial charge in [0.25, 0.3) is 0 Å². The molecule has 0 spiro atoms. The Morgan fingerprint density at radius 2 is 2.06 bits per heavy atom. The van der Waals surface area contributed by atoms with E-state index in [1.807, 2.05) is 0 Å². The van der Waals surface area contributed by atoms with Crippen LogP contribution in [0.5, 0.6) is 0 Å². The Labute approximate surface area is 108 Å². The highest BCUT2D eigenvalue weighted by atomic mass is 16.4. The number of benzene rings is 1. The van der Waals surface area contributed by atoms with Gasteiger partial charge in [-0.25, -0.2) is 0 Å². The molecule has 0 radical (unpaired) electrons. The lowest BCUT2D eigenvalue weighted by molar-refractivity contribution is -0.139. The van der Waals surface area contributed by atoms with Crippen LogP contribution in [0.4, 0.5) is 0 Å². The van der Waals surface area contributed by atoms with E-state index >= 15 is 0 Å². The molecule has 1 aromatic rings. The molecule has 1 aliphatic carbocycles. The molecule has 0 heterocycles. The Bertz CT molecular complexity index is 452. The molecule has 3 heteroatoms. The van der Waals surface area contributed by atoms with Crippen molar-refractivity contribution in [1.82, 2.24) is 4.90 Å². The predicted molar refractivity (Wildman–Crippen MR) is 71.7 cm³/mol. The Morgan fingerprint density at radius 3 is 2.56 bits per heavy atom. The zero-order valence-corrected chi connectivity index (χ0v) is 11.3. The summed E-state index contributed by atoms with van der Waals surface area (Å²) in [6, 6.07) is 7.04. The molecule has 1 fully saturated rings. The number of hydrogen-bond acceptors (Lipinski definition) is 2. The number of carboxylic acid groups (broad SMARTS) is 1. The fourth-order valence-corrected chi connectivity index (χ4v) is 2.36. The van der Waals surface area contributed by atoms with Crippen molar-refractivity contribution in [2.24, 2.45) is 0 Å². The van der Waals surface area contributed by atoms with Gasteiger partial charge in [0, 0.05) is 12.1 Å². The van der Waals surface area contributed by atoms with Gasteiger partial charge in [0.2, 0.25) is 0 Å². The second kappa shape index (κ2) is 5.11. The van der Waals surface area contributed by atoms with Gasteiger partial charge in [-0.1, -0.05) is 18.2 Å². The summed E-state index contributed by atoms with van der Waals surface area (Å²) in [6.07, 6.45) is 2.25. The molecular formula is C15H21NO2. The number of hydrogen-bond donors (Lipinski definition) is 1. The van der Waals surface area contributed by atoms with Crippen LogP contribution < -0.4 is 0 Å². The molecule has 1 N–H and O–H groups in total. The van der Waals surface area contributed by atoms with Crippen LogP contribution >= 0.6 is 0 Å². The second-order valence-electron chi connectivity index (χ2n) is 5.32. The Kier molecular flexibility index (Phi) is 3.71. The SMILES string of the molecule is Cc1ccc(C(C)N(CC(=O)O)C2CC2)cc1C. The van der Waals surface area contributed by atoms with Crippen LogP contribution in [0.1, 0.15) is 42.5 Å². The normalized spacial score (nSPS) is 16.9. The quantitative estimate of drug-likeness (QED) is 0.869. The fourth-order valence-electron chi connectivity index (χ4n) is 2.36. The minimum Gasteiger partial charge on any atom is -0.480 e. The first-order chi connectivity index (χ1) is 8.49. The van der Waals surface area contributed by atoms with E-state index in [2.05, 4.69) is 43.9 Å². The maximum atomic E-state index is 11.0. The standard InChI is InChI=1S/C15H21NO2/c1-10-4-5-13(8-11(10)2)12(3)16(9-15(17)18)14-6-7-14/h4-5,8,12,14H,6-7,9H2,1-3H3,(H,17,18). The van der Waals surface area contributed by atoms with Gasteiger partial charge >= 0.3 is 5.97 Å². The van der Waals surface area contributed by atoms with Crippen molar-refractivity contribution in [3.8, 4) is 0 Å². The van der Waals surface area contributed by atoms with Gasteiger partial charge in [-0.2, -0.15) is 0 Å². The van der Waals surface area contributed by atoms with E-state index in [-0.39, 0.29) is 12.6 Å². The van der Waals surface area contributed by atoms with Crippen molar-refractivity contribution in [3.05, 3.63) is 34.9 Å². The summed E-state index contributed by atoms with van der Waals surface area (Å²) in [4.78, 5) is 13.1. The van der Waals surface area contributed by atoms with Gasteiger partial charge in [0.05, 0.1) is 6.54 Å². The van der Waals surface area contributed by atoms with E-state index in [9.17, 15) is 4.79 Å². The molecule has 1 atom stereocenters. The second-order valence-corrected chi connectivity index (χ2v) is 5.32. The summed E-state index contributed by atoms with van der Waals surface area (Å²) >= 11 is 0. The number of aryl methyl sites for hydroxylation is 2. The molecule has 0 saturated heterocycles. The monoisotopic (exact) mass is 247 g/mol. The fraction of sp³-hybridized carbons (Fsp3) is 0.533. The summed E-state index contributed by atoms with van der Waals surface area (Å²) in [5.41, 5.74) is 3.76. The maximum absolute atomic E-state index is 11.0. The van der Waals surface area contributed by atoms with Gasteiger partial charge < -0.3 is 5.11 Å². The zero-order chi connectivity index (χ0) is 13.3. The van der Waals surface area contributed by atoms with E-state index in [0.717, 1.165) is 12.8 Å². The van der Waals surface area contributed by atoms with E-state index in [0.29, 0.717) is 6.04 Å². The Morgan fingerprint density at radius 1 is 1.39 bits per heavy atom. The lowest BCUT2D eigenvalue weighted by Crippen LogP contribution is -2.34. The van der Waals surface area contributed by atoms with Crippen LogP contribution in [0.2, 0.25) is 0 Å². The van der Waals surface area contributed by atoms with Crippen molar-refractivity contribution in [2.45, 2.75) is 45.7 Å². The topological polar surface area (TPSA) is 40.5 Å². The third kappa shape index (κ3) is 2.91. The smallest absolute Gasteiger partial charge is 0.317 e. The number of carboxylic acids is 1. The van der Waals surface area contributed by atoms with Crippen molar-refractivity contribution in [3.63, 3.8) is 0 Å². The summed E-state index contributed by atoms with van der Waals surface area (Å²) in [7, 11) is 0. The van der Waals surface area contributed by atoms with Gasteiger partial charge in [0.1, 0.15) is 0 Å². The van der Waals surface area contributed by atoms with Crippen LogP contribution in [-0.2, 0) is 4.79 Å². The summed E-state index contributed by atoms with van der Waals surface area (Å²) in [5, 5.41) is 9.01. The van der Waals surface area contributed by atoms with E-state index < -0.39 is 5.97 Å². The number of aliphatic carboxylic acids is 1. The first-order valence-electron chi connectivity index (χ1n) is 6.53. The van der Waals surface area contributed by atoms with Gasteiger partial charge in [-0.3, -0.25) is 9.69 Å². The average Bonchev–Trinajstić information content (AvgIpc) is 3.12. The van der Waals surface area contributed by atoms with Gasteiger partial charge in [0.15, 0.2) is 0 Å². The minimum atomic E-state index is -0.738. The zero-order valence-electron chi connectivity index (χ0n) is 11.3. The van der Waals surface area contributed by atoms with E-state index in [1.54, 1.807) is 0 Å². The van der Waals surface area contributed by atoms with Crippen LogP contribution in [0, 0.1) is 13.8 Å². The molecule has 1 aromatic carbocycles. The lowest BCUT2D eigenvalue weighted by Gasteiger charge is -2.28. The highest BCUT2D eigenvalue weighted by Crippen LogP contribution is 2.34. The summed E-state index contributed by atoms with van der Waals surface area (Å²) in [5.74, 6) is -0.738. The minimum absolute atomic E-state index is 0.138. The molecule has 3 nitrogen and oxygen atoms in total. The predicted octanol–water partition coefficient (Wildman–Crippen LogP) is 2.91. The maximum Gasteiger partial charge on any atom is 0.317 e. The highest BCUT2D eigenvalue weighted by Gasteiger charge is 2.33. The van der Waals surface area contributed by atoms with Crippen LogP contribution in [0.3, 0.4) is 0 Å². The van der Waals surface area contributed by atoms with Crippen LogP contribution in [0.15, 0.2) is 18.2 Å². The molecule has 0 bridgehead atoms. The molecule has 98 valence electrons. The number of rotatable bonds is 5. The Hall–Kier alpha value is -1.35. The van der Waals surface area contributed by atoms with E-state index in [4.69, 9.17) is 5.11 Å². The molecular weight excluding hydrogens is 226 g/mol. The third-order valence-electron chi connectivity index (χ3n) is 3.84. The van der Waals surface area contributed by atoms with Gasteiger partial charge in [-0.05, 0) is 50.3 Å². The molecule has 1 unspecified atom stereocenters. The van der Waals surface area contributed by atoms with E-state index in [1.165, 1.54) is 16.7 Å². The highest BCUT2D eigenvalue weighted by molar-refractivity contribution is 5.69. The molecule has 1 aliphatic rings. The summed E-state index contributed by atoms with van der Waals surface area (Å²) in [6.45, 7) is 6.44. The number of nitrogens with zero attached hydrogens (tertiary/aromatic N) is 1. The van der Waals surface area contributed by atoms with Crippen molar-refractivity contribution in [2.75, 3.05) is 6.54 Å². The molecule has 0 aliphatic heterocycles. The molecule has 1 saturated carbocycles. The van der Waals surface area contributed by atoms with Crippen molar-refractivity contribution in [1.29, 1.82) is 0 Å². The number of carbonyl (C=O) groups is 1. The van der Waals surface area contributed by atoms with Crippen molar-refractivity contribution < 1.29 is 9.90 Å². The third-order valence-corrected chi connectivity index (χ3v) is 3.84. The van der Waals surface area contributed by atoms with Gasteiger partial charge in [-0.15, -0.1) is 0 Å². The molecule has 0 amide bonds. The molecule has 2 rings (SSSR count). The van der Waals surface area contributed by atoms with Crippen LogP contribution in [-0.4, -0.2) is 28.6 Å². The average molecular weight is 247 g/mol. The lowest BCUT2D eigenvalue weighted by atomic mass is 10.0. The largest absolute Gasteiger partial charge is 0.480 e. The first-order valence-corrected chi connectivity index (χ1v) is 6.53. The van der Waals surface area contributed by atoms with Crippen molar-refractivity contribution >= 4 is 5.97 Å². The first kappa shape index (κ1) is 13.1. The summed E-state index contributed by atoms with van der Waals surface area (Å²) < 4.78 is 0. The van der Waals surface area contributed by atoms with Crippen LogP contribution in [0.25, 0.3) is 0 Å².